The Hall–Kier alpha value is -2.70. The lowest BCUT2D eigenvalue weighted by Crippen LogP contribution is -2.35. The number of fused-ring (bicyclic) bond motifs is 1. The van der Waals surface area contributed by atoms with Gasteiger partial charge in [0.05, 0.1) is 5.39 Å². The van der Waals surface area contributed by atoms with Gasteiger partial charge in [0, 0.05) is 11.4 Å². The molecule has 1 aromatic carbocycles. The molecule has 0 aliphatic rings. The molecule has 1 amide bonds. The van der Waals surface area contributed by atoms with Crippen LogP contribution in [0.2, 0.25) is 0 Å². The number of nitrogens with one attached hydrogen (secondary N) is 2. The van der Waals surface area contributed by atoms with Crippen molar-refractivity contribution in [2.24, 2.45) is 0 Å². The van der Waals surface area contributed by atoms with Crippen LogP contribution in [0.5, 0.6) is 0 Å². The largest absolute Gasteiger partial charge is 0.451 e. The van der Waals surface area contributed by atoms with Crippen molar-refractivity contribution >= 4 is 22.6 Å². The Labute approximate surface area is 126 Å². The molecular formula is C15H17N3O4. The lowest BCUT2D eigenvalue weighted by Gasteiger charge is -2.11. The molecule has 2 aromatic rings. The van der Waals surface area contributed by atoms with Crippen LogP contribution in [0.15, 0.2) is 29.1 Å². The monoisotopic (exact) mass is 303 g/mol. The van der Waals surface area contributed by atoms with Crippen LogP contribution in [0.1, 0.15) is 30.8 Å². The predicted octanol–water partition coefficient (Wildman–Crippen LogP) is 0.995. The smallest absolute Gasteiger partial charge is 0.359 e. The van der Waals surface area contributed by atoms with Crippen LogP contribution in [0.3, 0.4) is 0 Å². The highest BCUT2D eigenvalue weighted by molar-refractivity contribution is 6.02. The van der Waals surface area contributed by atoms with Crippen LogP contribution in [0.4, 0.5) is 0 Å². The Bertz CT molecular complexity index is 754. The van der Waals surface area contributed by atoms with Gasteiger partial charge in [0.25, 0.3) is 11.5 Å². The normalized spacial score (nSPS) is 11.9. The van der Waals surface area contributed by atoms with Crippen molar-refractivity contribution in [2.45, 2.75) is 26.3 Å². The van der Waals surface area contributed by atoms with E-state index in [0.29, 0.717) is 10.8 Å². The fourth-order valence-electron chi connectivity index (χ4n) is 1.89. The molecule has 2 rings (SSSR count). The van der Waals surface area contributed by atoms with E-state index in [2.05, 4.69) is 15.5 Å². The van der Waals surface area contributed by atoms with Crippen molar-refractivity contribution in [3.63, 3.8) is 0 Å². The number of ether oxygens (including phenoxy) is 1. The van der Waals surface area contributed by atoms with Gasteiger partial charge in [-0.25, -0.2) is 9.89 Å². The number of esters is 1. The van der Waals surface area contributed by atoms with Crippen LogP contribution in [-0.4, -0.2) is 34.7 Å². The number of carbonyl (C=O) groups excluding carboxylic acids is 2. The average Bonchev–Trinajstić information content (AvgIpc) is 2.53. The van der Waals surface area contributed by atoms with Crippen molar-refractivity contribution in [1.29, 1.82) is 0 Å². The molecule has 7 nitrogen and oxygen atoms in total. The van der Waals surface area contributed by atoms with Crippen LogP contribution in [0, 0.1) is 0 Å². The summed E-state index contributed by atoms with van der Waals surface area (Å²) in [6.45, 7) is 3.41. The van der Waals surface area contributed by atoms with Crippen LogP contribution >= 0.6 is 0 Å². The molecule has 2 N–H and O–H groups in total. The Morgan fingerprint density at radius 1 is 1.32 bits per heavy atom. The minimum Gasteiger partial charge on any atom is -0.451 e. The van der Waals surface area contributed by atoms with E-state index in [0.717, 1.165) is 6.42 Å². The molecule has 7 heteroatoms. The van der Waals surface area contributed by atoms with Gasteiger partial charge in [0.15, 0.2) is 12.3 Å². The first-order valence-corrected chi connectivity index (χ1v) is 6.96. The first-order valence-electron chi connectivity index (χ1n) is 6.96. The van der Waals surface area contributed by atoms with Gasteiger partial charge >= 0.3 is 5.97 Å². The van der Waals surface area contributed by atoms with Gasteiger partial charge in [-0.3, -0.25) is 9.59 Å². The summed E-state index contributed by atoms with van der Waals surface area (Å²) in [4.78, 5) is 35.3. The zero-order valence-corrected chi connectivity index (χ0v) is 12.4. The summed E-state index contributed by atoms with van der Waals surface area (Å²) in [5.74, 6) is -1.14. The topological polar surface area (TPSA) is 101 Å². The number of rotatable bonds is 5. The second-order valence-corrected chi connectivity index (χ2v) is 4.90. The molecule has 0 radical (unpaired) electrons. The van der Waals surface area contributed by atoms with Gasteiger partial charge in [-0.1, -0.05) is 25.1 Å². The third-order valence-electron chi connectivity index (χ3n) is 3.24. The third kappa shape index (κ3) is 3.49. The van der Waals surface area contributed by atoms with E-state index in [4.69, 9.17) is 4.74 Å². The van der Waals surface area contributed by atoms with Gasteiger partial charge in [-0.15, -0.1) is 0 Å². The number of amides is 1. The number of nitrogens with zero attached hydrogens (tertiary/aromatic N) is 1. The minimum atomic E-state index is -0.758. The maximum absolute atomic E-state index is 12.0. The van der Waals surface area contributed by atoms with Crippen LogP contribution in [0.25, 0.3) is 10.8 Å². The molecule has 1 unspecified atom stereocenters. The van der Waals surface area contributed by atoms with E-state index in [1.807, 2.05) is 13.8 Å². The summed E-state index contributed by atoms with van der Waals surface area (Å²) >= 11 is 0. The highest BCUT2D eigenvalue weighted by Crippen LogP contribution is 2.13. The number of carbonyl (C=O) groups is 2. The lowest BCUT2D eigenvalue weighted by atomic mass is 10.1. The molecule has 0 fully saturated rings. The van der Waals surface area contributed by atoms with Crippen molar-refractivity contribution in [2.75, 3.05) is 6.61 Å². The van der Waals surface area contributed by atoms with E-state index in [-0.39, 0.29) is 23.2 Å². The van der Waals surface area contributed by atoms with Crippen LogP contribution < -0.4 is 10.9 Å². The summed E-state index contributed by atoms with van der Waals surface area (Å²) in [6, 6.07) is 6.58. The Morgan fingerprint density at radius 2 is 2.00 bits per heavy atom. The van der Waals surface area contributed by atoms with E-state index in [1.54, 1.807) is 24.3 Å². The van der Waals surface area contributed by atoms with Crippen molar-refractivity contribution in [3.8, 4) is 0 Å². The predicted molar refractivity (Wildman–Crippen MR) is 80.5 cm³/mol. The first kappa shape index (κ1) is 15.7. The molecule has 1 heterocycles. The molecule has 116 valence electrons. The fraction of sp³-hybridized carbons (Fsp3) is 0.333. The quantitative estimate of drug-likeness (QED) is 0.802. The zero-order chi connectivity index (χ0) is 16.1. The maximum atomic E-state index is 12.0. The number of aromatic nitrogens is 2. The summed E-state index contributed by atoms with van der Waals surface area (Å²) in [5, 5.41) is 9.38. The number of H-pyrrole nitrogens is 1. The molecule has 0 aliphatic carbocycles. The molecule has 1 atom stereocenters. The van der Waals surface area contributed by atoms with E-state index >= 15 is 0 Å². The van der Waals surface area contributed by atoms with Gasteiger partial charge < -0.3 is 10.1 Å². The number of benzene rings is 1. The second kappa shape index (κ2) is 6.84. The van der Waals surface area contributed by atoms with E-state index in [1.165, 1.54) is 0 Å². The van der Waals surface area contributed by atoms with Crippen molar-refractivity contribution in [1.82, 2.24) is 15.5 Å². The van der Waals surface area contributed by atoms with Gasteiger partial charge in [-0.2, -0.15) is 5.10 Å². The molecular weight excluding hydrogens is 286 g/mol. The molecule has 0 saturated heterocycles. The Balaban J connectivity index is 2.12. The molecule has 22 heavy (non-hydrogen) atoms. The van der Waals surface area contributed by atoms with E-state index < -0.39 is 12.6 Å². The zero-order valence-electron chi connectivity index (χ0n) is 12.4. The highest BCUT2D eigenvalue weighted by Gasteiger charge is 2.17. The molecule has 0 aliphatic heterocycles. The summed E-state index contributed by atoms with van der Waals surface area (Å²) in [5.41, 5.74) is -0.409. The lowest BCUT2D eigenvalue weighted by molar-refractivity contribution is -0.124. The maximum Gasteiger partial charge on any atom is 0.359 e. The van der Waals surface area contributed by atoms with Gasteiger partial charge in [0.2, 0.25) is 0 Å². The fourth-order valence-corrected chi connectivity index (χ4v) is 1.89. The van der Waals surface area contributed by atoms with E-state index in [9.17, 15) is 14.4 Å². The summed E-state index contributed by atoms with van der Waals surface area (Å²) in [6.07, 6.45) is 0.784. The first-order chi connectivity index (χ1) is 10.5. The molecule has 0 spiro atoms. The molecule has 0 saturated carbocycles. The molecule has 0 bridgehead atoms. The average molecular weight is 303 g/mol. The number of hydrogen-bond acceptors (Lipinski definition) is 5. The number of hydrogen-bond donors (Lipinski definition) is 2. The van der Waals surface area contributed by atoms with Gasteiger partial charge in [-0.05, 0) is 19.4 Å². The van der Waals surface area contributed by atoms with Crippen molar-refractivity contribution < 1.29 is 14.3 Å². The second-order valence-electron chi connectivity index (χ2n) is 4.90. The van der Waals surface area contributed by atoms with Crippen molar-refractivity contribution in [3.05, 3.63) is 40.3 Å². The Morgan fingerprint density at radius 3 is 2.68 bits per heavy atom. The van der Waals surface area contributed by atoms with Crippen LogP contribution in [-0.2, 0) is 9.53 Å². The third-order valence-corrected chi connectivity index (χ3v) is 3.24. The standard InChI is InChI=1S/C15H17N3O4/c1-3-9(2)16-12(19)8-22-15(21)13-10-6-4-5-7-11(10)14(20)18-17-13/h4-7,9H,3,8H2,1-2H3,(H,16,19)(H,18,20). The summed E-state index contributed by atoms with van der Waals surface area (Å²) < 4.78 is 4.95. The Kier molecular flexibility index (Phi) is 4.88. The molecule has 1 aromatic heterocycles. The highest BCUT2D eigenvalue weighted by atomic mass is 16.5. The SMILES string of the molecule is CCC(C)NC(=O)COC(=O)c1n[nH]c(=O)c2ccccc12. The number of aromatic amines is 1. The minimum absolute atomic E-state index is 0.0123. The van der Waals surface area contributed by atoms with Gasteiger partial charge in [0.1, 0.15) is 0 Å². The summed E-state index contributed by atoms with van der Waals surface area (Å²) in [7, 11) is 0.